The van der Waals surface area contributed by atoms with Crippen LogP contribution in [0.15, 0.2) is 36.5 Å². The summed E-state index contributed by atoms with van der Waals surface area (Å²) < 4.78 is 25.4. The first kappa shape index (κ1) is 20.1. The van der Waals surface area contributed by atoms with Gasteiger partial charge in [-0.15, -0.1) is 0 Å². The van der Waals surface area contributed by atoms with Gasteiger partial charge in [0, 0.05) is 36.8 Å². The number of pyridine rings is 1. The Morgan fingerprint density at radius 2 is 2.03 bits per heavy atom. The number of halogens is 1. The van der Waals surface area contributed by atoms with Crippen LogP contribution in [0.1, 0.15) is 12.8 Å². The molecule has 1 atom stereocenters. The summed E-state index contributed by atoms with van der Waals surface area (Å²) in [5.74, 6) is -0.0733. The number of rotatable bonds is 6. The lowest BCUT2D eigenvalue weighted by Gasteiger charge is -2.27. The summed E-state index contributed by atoms with van der Waals surface area (Å²) in [5.41, 5.74) is 6.59. The fourth-order valence-electron chi connectivity index (χ4n) is 3.62. The number of amides is 2. The van der Waals surface area contributed by atoms with Gasteiger partial charge in [-0.3, -0.25) is 9.69 Å². The summed E-state index contributed by atoms with van der Waals surface area (Å²) >= 11 is 0. The molecule has 30 heavy (non-hydrogen) atoms. The van der Waals surface area contributed by atoms with E-state index in [1.165, 1.54) is 11.0 Å². The number of cyclic esters (lactones) is 1. The predicted octanol–water partition coefficient (Wildman–Crippen LogP) is 2.31. The highest BCUT2D eigenvalue weighted by Crippen LogP contribution is 2.30. The van der Waals surface area contributed by atoms with E-state index < -0.39 is 23.9 Å². The topological polar surface area (TPSA) is 98.0 Å². The average molecular weight is 414 g/mol. The first-order valence-corrected chi connectivity index (χ1v) is 9.86. The third kappa shape index (κ3) is 4.35. The standard InChI is InChI=1S/C21H23FN4O4/c22-18-11-15(26-13-16(30-21(26)28)3-5-19(23)27)2-4-17(18)14-1-6-20(24-12-14)25-7-9-29-10-8-25/h1-2,4,6,11-12,16H,3,5,7-10,13H2,(H2,23,27). The molecule has 0 saturated carbocycles. The van der Waals surface area contributed by atoms with Crippen LogP contribution >= 0.6 is 0 Å². The fourth-order valence-corrected chi connectivity index (χ4v) is 3.62. The highest BCUT2D eigenvalue weighted by molar-refractivity contribution is 5.90. The quantitative estimate of drug-likeness (QED) is 0.779. The monoisotopic (exact) mass is 414 g/mol. The van der Waals surface area contributed by atoms with Gasteiger partial charge >= 0.3 is 6.09 Å². The second-order valence-corrected chi connectivity index (χ2v) is 7.29. The van der Waals surface area contributed by atoms with Crippen LogP contribution in [0.4, 0.5) is 20.7 Å². The molecule has 1 aromatic carbocycles. The predicted molar refractivity (Wildman–Crippen MR) is 109 cm³/mol. The van der Waals surface area contributed by atoms with Crippen LogP contribution in [0, 0.1) is 5.82 Å². The van der Waals surface area contributed by atoms with Crippen LogP contribution in [-0.2, 0) is 14.3 Å². The number of morpholine rings is 1. The first-order valence-electron chi connectivity index (χ1n) is 9.86. The van der Waals surface area contributed by atoms with Gasteiger partial charge in [0.25, 0.3) is 0 Å². The van der Waals surface area contributed by atoms with Gasteiger partial charge in [-0.05, 0) is 36.8 Å². The number of hydrogen-bond acceptors (Lipinski definition) is 6. The highest BCUT2D eigenvalue weighted by atomic mass is 19.1. The fraction of sp³-hybridized carbons (Fsp3) is 0.381. The van der Waals surface area contributed by atoms with Gasteiger partial charge in [0.15, 0.2) is 0 Å². The molecular weight excluding hydrogens is 391 g/mol. The molecule has 9 heteroatoms. The minimum Gasteiger partial charge on any atom is -0.444 e. The Bertz CT molecular complexity index is 931. The second-order valence-electron chi connectivity index (χ2n) is 7.29. The van der Waals surface area contributed by atoms with E-state index in [1.807, 2.05) is 12.1 Å². The molecule has 4 rings (SSSR count). The highest BCUT2D eigenvalue weighted by Gasteiger charge is 2.32. The lowest BCUT2D eigenvalue weighted by molar-refractivity contribution is -0.118. The van der Waals surface area contributed by atoms with Gasteiger partial charge in [0.05, 0.1) is 25.4 Å². The molecular formula is C21H23FN4O4. The zero-order chi connectivity index (χ0) is 21.1. The van der Waals surface area contributed by atoms with Gasteiger partial charge in [-0.25, -0.2) is 14.2 Å². The molecule has 0 aliphatic carbocycles. The molecule has 2 fully saturated rings. The Morgan fingerprint density at radius 3 is 2.70 bits per heavy atom. The van der Waals surface area contributed by atoms with E-state index in [1.54, 1.807) is 18.3 Å². The molecule has 0 spiro atoms. The van der Waals surface area contributed by atoms with Crippen molar-refractivity contribution in [2.75, 3.05) is 42.6 Å². The lowest BCUT2D eigenvalue weighted by Crippen LogP contribution is -2.36. The van der Waals surface area contributed by atoms with Gasteiger partial charge in [-0.2, -0.15) is 0 Å². The third-order valence-corrected chi connectivity index (χ3v) is 5.25. The zero-order valence-electron chi connectivity index (χ0n) is 16.4. The molecule has 0 bridgehead atoms. The van der Waals surface area contributed by atoms with Crippen LogP contribution in [0.3, 0.4) is 0 Å². The Hall–Kier alpha value is -3.20. The maximum absolute atomic E-state index is 14.8. The largest absolute Gasteiger partial charge is 0.444 e. The number of ether oxygens (including phenoxy) is 2. The van der Waals surface area contributed by atoms with Crippen molar-refractivity contribution in [1.29, 1.82) is 0 Å². The van der Waals surface area contributed by atoms with Crippen LogP contribution in [0.25, 0.3) is 11.1 Å². The van der Waals surface area contributed by atoms with Crippen molar-refractivity contribution in [2.24, 2.45) is 5.73 Å². The number of nitrogens with zero attached hydrogens (tertiary/aromatic N) is 3. The lowest BCUT2D eigenvalue weighted by atomic mass is 10.1. The summed E-state index contributed by atoms with van der Waals surface area (Å²) in [7, 11) is 0. The zero-order valence-corrected chi connectivity index (χ0v) is 16.4. The van der Waals surface area contributed by atoms with Crippen molar-refractivity contribution < 1.29 is 23.5 Å². The average Bonchev–Trinajstić information content (AvgIpc) is 3.13. The summed E-state index contributed by atoms with van der Waals surface area (Å²) in [4.78, 5) is 31.0. The molecule has 8 nitrogen and oxygen atoms in total. The van der Waals surface area contributed by atoms with E-state index >= 15 is 0 Å². The van der Waals surface area contributed by atoms with Crippen molar-refractivity contribution >= 4 is 23.5 Å². The van der Waals surface area contributed by atoms with Crippen LogP contribution in [0.5, 0.6) is 0 Å². The second kappa shape index (κ2) is 8.66. The number of carbonyl (C=O) groups is 2. The van der Waals surface area contributed by atoms with E-state index in [4.69, 9.17) is 15.2 Å². The van der Waals surface area contributed by atoms with Crippen molar-refractivity contribution in [3.05, 3.63) is 42.3 Å². The van der Waals surface area contributed by atoms with E-state index in [0.717, 1.165) is 18.9 Å². The molecule has 2 N–H and O–H groups in total. The Balaban J connectivity index is 1.47. The molecule has 158 valence electrons. The summed E-state index contributed by atoms with van der Waals surface area (Å²) in [6, 6.07) is 8.31. The normalized spacial score (nSPS) is 19.1. The van der Waals surface area contributed by atoms with Crippen molar-refractivity contribution in [2.45, 2.75) is 18.9 Å². The molecule has 1 aromatic heterocycles. The van der Waals surface area contributed by atoms with E-state index in [-0.39, 0.29) is 13.0 Å². The van der Waals surface area contributed by atoms with Crippen LogP contribution in [-0.4, -0.2) is 55.9 Å². The van der Waals surface area contributed by atoms with Crippen molar-refractivity contribution in [1.82, 2.24) is 4.98 Å². The van der Waals surface area contributed by atoms with Crippen molar-refractivity contribution in [3.8, 4) is 11.1 Å². The SMILES string of the molecule is NC(=O)CCC1CN(c2ccc(-c3ccc(N4CCOCC4)nc3)c(F)c2)C(=O)O1. The third-order valence-electron chi connectivity index (χ3n) is 5.25. The summed E-state index contributed by atoms with van der Waals surface area (Å²) in [5, 5.41) is 0. The molecule has 2 aliphatic rings. The van der Waals surface area contributed by atoms with E-state index in [9.17, 15) is 14.0 Å². The molecule has 2 saturated heterocycles. The Kier molecular flexibility index (Phi) is 5.80. The first-order chi connectivity index (χ1) is 14.5. The molecule has 0 radical (unpaired) electrons. The smallest absolute Gasteiger partial charge is 0.414 e. The minimum absolute atomic E-state index is 0.131. The van der Waals surface area contributed by atoms with Crippen LogP contribution < -0.4 is 15.5 Å². The summed E-state index contributed by atoms with van der Waals surface area (Å²) in [6.45, 7) is 3.15. The molecule has 2 amide bonds. The van der Waals surface area contributed by atoms with Gasteiger partial charge in [-0.1, -0.05) is 0 Å². The van der Waals surface area contributed by atoms with Gasteiger partial charge < -0.3 is 20.1 Å². The number of benzene rings is 1. The minimum atomic E-state index is -0.562. The Labute approximate surface area is 173 Å². The molecule has 1 unspecified atom stereocenters. The van der Waals surface area contributed by atoms with Gasteiger partial charge in [0.1, 0.15) is 17.7 Å². The number of primary amides is 1. The maximum atomic E-state index is 14.8. The van der Waals surface area contributed by atoms with E-state index in [0.29, 0.717) is 36.4 Å². The Morgan fingerprint density at radius 1 is 1.23 bits per heavy atom. The van der Waals surface area contributed by atoms with Gasteiger partial charge in [0.2, 0.25) is 5.91 Å². The molecule has 2 aromatic rings. The number of anilines is 2. The molecule has 2 aliphatic heterocycles. The van der Waals surface area contributed by atoms with Crippen molar-refractivity contribution in [3.63, 3.8) is 0 Å². The molecule has 3 heterocycles. The number of aromatic nitrogens is 1. The van der Waals surface area contributed by atoms with Crippen LogP contribution in [0.2, 0.25) is 0 Å². The maximum Gasteiger partial charge on any atom is 0.414 e. The number of carbonyl (C=O) groups excluding carboxylic acids is 2. The number of nitrogens with two attached hydrogens (primary N) is 1. The van der Waals surface area contributed by atoms with E-state index in [2.05, 4.69) is 9.88 Å². The number of hydrogen-bond donors (Lipinski definition) is 1. The summed E-state index contributed by atoms with van der Waals surface area (Å²) in [6.07, 6.45) is 1.12.